The second-order valence-electron chi connectivity index (χ2n) is 4.41. The Morgan fingerprint density at radius 1 is 1.30 bits per heavy atom. The van der Waals surface area contributed by atoms with Gasteiger partial charge in [-0.05, 0) is 23.8 Å². The van der Waals surface area contributed by atoms with E-state index in [4.69, 9.17) is 5.11 Å². The summed E-state index contributed by atoms with van der Waals surface area (Å²) in [5, 5.41) is 8.97. The van der Waals surface area contributed by atoms with Crippen LogP contribution in [0.1, 0.15) is 11.3 Å². The van der Waals surface area contributed by atoms with E-state index >= 15 is 0 Å². The Hall–Kier alpha value is -1.15. The van der Waals surface area contributed by atoms with E-state index in [1.807, 2.05) is 24.3 Å². The molecule has 0 aliphatic carbocycles. The van der Waals surface area contributed by atoms with Crippen LogP contribution in [-0.4, -0.2) is 29.9 Å². The monoisotopic (exact) mass is 358 g/mol. The number of aromatic nitrogens is 1. The molecular weight excluding hydrogens is 344 g/mol. The van der Waals surface area contributed by atoms with Gasteiger partial charge in [-0.1, -0.05) is 28.1 Å². The second kappa shape index (κ2) is 6.09. The van der Waals surface area contributed by atoms with Crippen molar-refractivity contribution in [1.82, 2.24) is 9.29 Å². The molecule has 7 heteroatoms. The van der Waals surface area contributed by atoms with Crippen molar-refractivity contribution in [2.75, 3.05) is 7.05 Å². The molecule has 2 rings (SSSR count). The van der Waals surface area contributed by atoms with Gasteiger partial charge in [-0.2, -0.15) is 4.31 Å². The first-order chi connectivity index (χ1) is 9.43. The van der Waals surface area contributed by atoms with Crippen LogP contribution >= 0.6 is 15.9 Å². The standard InChI is InChI=1S/C13H15BrN2O3S/c1-16(8-10-2-4-11(14)5-3-10)20(18,19)13-6-12(9-17)15-7-13/h2-7,15,17H,8-9H2,1H3. The number of aliphatic hydroxyl groups is 1. The third-order valence-electron chi connectivity index (χ3n) is 2.91. The number of H-pyrrole nitrogens is 1. The van der Waals surface area contributed by atoms with Crippen molar-refractivity contribution in [3.05, 3.63) is 52.3 Å². The molecular formula is C13H15BrN2O3S. The van der Waals surface area contributed by atoms with Gasteiger partial charge >= 0.3 is 0 Å². The zero-order chi connectivity index (χ0) is 14.8. The maximum absolute atomic E-state index is 12.3. The van der Waals surface area contributed by atoms with Crippen LogP contribution in [0.5, 0.6) is 0 Å². The number of aliphatic hydroxyl groups excluding tert-OH is 1. The lowest BCUT2D eigenvalue weighted by atomic mass is 10.2. The number of halogens is 1. The molecule has 0 aliphatic heterocycles. The number of nitrogens with one attached hydrogen (secondary N) is 1. The first-order valence-electron chi connectivity index (χ1n) is 5.92. The van der Waals surface area contributed by atoms with Crippen molar-refractivity contribution < 1.29 is 13.5 Å². The molecule has 0 bridgehead atoms. The SMILES string of the molecule is CN(Cc1ccc(Br)cc1)S(=O)(=O)c1c[nH]c(CO)c1. The predicted octanol–water partition coefficient (Wildman–Crippen LogP) is 2.09. The molecule has 0 unspecified atom stereocenters. The molecule has 0 fully saturated rings. The van der Waals surface area contributed by atoms with E-state index in [0.717, 1.165) is 10.0 Å². The van der Waals surface area contributed by atoms with Gasteiger partial charge in [-0.25, -0.2) is 8.42 Å². The zero-order valence-electron chi connectivity index (χ0n) is 10.9. The number of sulfonamides is 1. The summed E-state index contributed by atoms with van der Waals surface area (Å²) in [5.74, 6) is 0. The molecule has 1 aromatic carbocycles. The van der Waals surface area contributed by atoms with E-state index in [0.29, 0.717) is 5.69 Å². The first-order valence-corrected chi connectivity index (χ1v) is 8.15. The van der Waals surface area contributed by atoms with Crippen molar-refractivity contribution in [1.29, 1.82) is 0 Å². The minimum Gasteiger partial charge on any atom is -0.390 e. The van der Waals surface area contributed by atoms with Gasteiger partial charge in [0.25, 0.3) is 0 Å². The Balaban J connectivity index is 2.18. The molecule has 0 saturated heterocycles. The van der Waals surface area contributed by atoms with Crippen LogP contribution in [-0.2, 0) is 23.2 Å². The van der Waals surface area contributed by atoms with E-state index in [9.17, 15) is 8.42 Å². The minimum absolute atomic E-state index is 0.154. The maximum atomic E-state index is 12.3. The Kier molecular flexibility index (Phi) is 4.64. The minimum atomic E-state index is -3.56. The molecule has 0 spiro atoms. The van der Waals surface area contributed by atoms with Gasteiger partial charge in [0.05, 0.1) is 11.5 Å². The van der Waals surface area contributed by atoms with E-state index in [1.165, 1.54) is 23.6 Å². The average Bonchev–Trinajstić information content (AvgIpc) is 2.90. The predicted molar refractivity (Wildman–Crippen MR) is 79.5 cm³/mol. The first kappa shape index (κ1) is 15.2. The Labute approximate surface area is 126 Å². The Morgan fingerprint density at radius 2 is 1.95 bits per heavy atom. The third-order valence-corrected chi connectivity index (χ3v) is 5.22. The van der Waals surface area contributed by atoms with Crippen molar-refractivity contribution in [3.63, 3.8) is 0 Å². The Morgan fingerprint density at radius 3 is 2.50 bits per heavy atom. The maximum Gasteiger partial charge on any atom is 0.244 e. The summed E-state index contributed by atoms with van der Waals surface area (Å²) in [6.07, 6.45) is 1.39. The molecule has 1 aromatic heterocycles. The van der Waals surface area contributed by atoms with Crippen LogP contribution < -0.4 is 0 Å². The summed E-state index contributed by atoms with van der Waals surface area (Å²) in [4.78, 5) is 2.88. The topological polar surface area (TPSA) is 73.4 Å². The number of nitrogens with zero attached hydrogens (tertiary/aromatic N) is 1. The van der Waals surface area contributed by atoms with Crippen molar-refractivity contribution in [2.45, 2.75) is 18.0 Å². The number of hydrogen-bond acceptors (Lipinski definition) is 3. The highest BCUT2D eigenvalue weighted by Crippen LogP contribution is 2.18. The van der Waals surface area contributed by atoms with Crippen LogP contribution in [0.3, 0.4) is 0 Å². The van der Waals surface area contributed by atoms with Crippen LogP contribution in [0.4, 0.5) is 0 Å². The van der Waals surface area contributed by atoms with Gasteiger partial charge in [-0.3, -0.25) is 0 Å². The lowest BCUT2D eigenvalue weighted by Crippen LogP contribution is -2.26. The van der Waals surface area contributed by atoms with Crippen LogP contribution in [0.25, 0.3) is 0 Å². The molecule has 1 heterocycles. The molecule has 0 aliphatic rings. The highest BCUT2D eigenvalue weighted by molar-refractivity contribution is 9.10. The third kappa shape index (κ3) is 3.29. The number of aromatic amines is 1. The largest absolute Gasteiger partial charge is 0.390 e. The fraction of sp³-hybridized carbons (Fsp3) is 0.231. The van der Waals surface area contributed by atoms with E-state index < -0.39 is 10.0 Å². The molecule has 20 heavy (non-hydrogen) atoms. The number of benzene rings is 1. The van der Waals surface area contributed by atoms with Gasteiger partial charge in [0.15, 0.2) is 0 Å². The van der Waals surface area contributed by atoms with Crippen LogP contribution in [0.15, 0.2) is 45.9 Å². The van der Waals surface area contributed by atoms with Crippen molar-refractivity contribution in [3.8, 4) is 0 Å². The Bertz CT molecular complexity index is 680. The fourth-order valence-electron chi connectivity index (χ4n) is 1.77. The molecule has 0 amide bonds. The smallest absolute Gasteiger partial charge is 0.244 e. The second-order valence-corrected chi connectivity index (χ2v) is 7.37. The van der Waals surface area contributed by atoms with Crippen molar-refractivity contribution >= 4 is 26.0 Å². The lowest BCUT2D eigenvalue weighted by molar-refractivity contribution is 0.277. The quantitative estimate of drug-likeness (QED) is 0.859. The molecule has 5 nitrogen and oxygen atoms in total. The summed E-state index contributed by atoms with van der Waals surface area (Å²) >= 11 is 3.34. The van der Waals surface area contributed by atoms with Gasteiger partial charge in [-0.15, -0.1) is 0 Å². The van der Waals surface area contributed by atoms with Gasteiger partial charge in [0, 0.05) is 30.0 Å². The van der Waals surface area contributed by atoms with E-state index in [1.54, 1.807) is 0 Å². The molecule has 0 radical (unpaired) electrons. The summed E-state index contributed by atoms with van der Waals surface area (Å²) in [7, 11) is -2.03. The van der Waals surface area contributed by atoms with Gasteiger partial charge in [0.2, 0.25) is 10.0 Å². The molecule has 0 atom stereocenters. The summed E-state index contributed by atoms with van der Waals surface area (Å²) < 4.78 is 26.9. The van der Waals surface area contributed by atoms with Gasteiger partial charge < -0.3 is 10.1 Å². The van der Waals surface area contributed by atoms with E-state index in [-0.39, 0.29) is 18.0 Å². The highest BCUT2D eigenvalue weighted by atomic mass is 79.9. The lowest BCUT2D eigenvalue weighted by Gasteiger charge is -2.16. The van der Waals surface area contributed by atoms with Crippen LogP contribution in [0.2, 0.25) is 0 Å². The average molecular weight is 359 g/mol. The fourth-order valence-corrected chi connectivity index (χ4v) is 3.21. The highest BCUT2D eigenvalue weighted by Gasteiger charge is 2.22. The molecule has 2 aromatic rings. The zero-order valence-corrected chi connectivity index (χ0v) is 13.3. The molecule has 2 N–H and O–H groups in total. The van der Waals surface area contributed by atoms with E-state index in [2.05, 4.69) is 20.9 Å². The summed E-state index contributed by atoms with van der Waals surface area (Å²) in [6, 6.07) is 8.91. The van der Waals surface area contributed by atoms with Crippen LogP contribution in [0, 0.1) is 0 Å². The number of rotatable bonds is 5. The summed E-state index contributed by atoms with van der Waals surface area (Å²) in [5.41, 5.74) is 1.37. The van der Waals surface area contributed by atoms with Gasteiger partial charge in [0.1, 0.15) is 0 Å². The molecule has 108 valence electrons. The summed E-state index contributed by atoms with van der Waals surface area (Å²) in [6.45, 7) is 0.0706. The molecule has 0 saturated carbocycles. The normalized spacial score (nSPS) is 12.0. The number of hydrogen-bond donors (Lipinski definition) is 2. The van der Waals surface area contributed by atoms with Crippen molar-refractivity contribution in [2.24, 2.45) is 0 Å².